The molecule has 3 rings (SSSR count). The quantitative estimate of drug-likeness (QED) is 0.799. The topological polar surface area (TPSA) is 61.0 Å². The van der Waals surface area contributed by atoms with Crippen LogP contribution in [0.1, 0.15) is 5.82 Å². The van der Waals surface area contributed by atoms with E-state index in [0.717, 1.165) is 37.5 Å². The molecule has 0 aliphatic carbocycles. The maximum Gasteiger partial charge on any atom is 0.258 e. The predicted molar refractivity (Wildman–Crippen MR) is 70.5 cm³/mol. The van der Waals surface area contributed by atoms with E-state index in [1.165, 1.54) is 0 Å². The summed E-state index contributed by atoms with van der Waals surface area (Å²) in [5.74, 6) is 0.751. The number of aromatic nitrogens is 2. The number of nitrogens with one attached hydrogen (secondary N) is 2. The van der Waals surface area contributed by atoms with Gasteiger partial charge in [0.1, 0.15) is 5.82 Å². The summed E-state index contributed by atoms with van der Waals surface area (Å²) in [6, 6.07) is 7.44. The first kappa shape index (κ1) is 11.4. The van der Waals surface area contributed by atoms with E-state index in [9.17, 15) is 4.79 Å². The first-order valence-electron chi connectivity index (χ1n) is 6.24. The van der Waals surface area contributed by atoms with Gasteiger partial charge in [-0.25, -0.2) is 4.98 Å². The second-order valence-electron chi connectivity index (χ2n) is 4.56. The van der Waals surface area contributed by atoms with Crippen molar-refractivity contribution in [1.29, 1.82) is 0 Å². The van der Waals surface area contributed by atoms with Crippen molar-refractivity contribution in [3.8, 4) is 0 Å². The fraction of sp³-hybridized carbons (Fsp3) is 0.385. The summed E-state index contributed by atoms with van der Waals surface area (Å²) >= 11 is 0. The van der Waals surface area contributed by atoms with E-state index in [4.69, 9.17) is 0 Å². The molecule has 1 aliphatic rings. The number of H-pyrrole nitrogens is 1. The zero-order valence-corrected chi connectivity index (χ0v) is 10.1. The fourth-order valence-electron chi connectivity index (χ4n) is 2.29. The molecule has 1 fully saturated rings. The van der Waals surface area contributed by atoms with Gasteiger partial charge < -0.3 is 10.3 Å². The smallest absolute Gasteiger partial charge is 0.258 e. The van der Waals surface area contributed by atoms with Gasteiger partial charge in [-0.1, -0.05) is 12.1 Å². The van der Waals surface area contributed by atoms with Crippen molar-refractivity contribution in [3.05, 3.63) is 40.4 Å². The van der Waals surface area contributed by atoms with Gasteiger partial charge in [0.25, 0.3) is 5.56 Å². The lowest BCUT2D eigenvalue weighted by atomic mass is 10.2. The van der Waals surface area contributed by atoms with Crippen LogP contribution in [-0.2, 0) is 6.54 Å². The van der Waals surface area contributed by atoms with Crippen LogP contribution in [0.25, 0.3) is 10.9 Å². The van der Waals surface area contributed by atoms with Crippen molar-refractivity contribution in [1.82, 2.24) is 20.2 Å². The minimum Gasteiger partial charge on any atom is -0.314 e. The van der Waals surface area contributed by atoms with Gasteiger partial charge >= 0.3 is 0 Å². The minimum atomic E-state index is -0.0502. The lowest BCUT2D eigenvalue weighted by molar-refractivity contribution is 0.228. The summed E-state index contributed by atoms with van der Waals surface area (Å²) < 4.78 is 0. The number of hydrogen-bond donors (Lipinski definition) is 2. The molecule has 2 N–H and O–H groups in total. The van der Waals surface area contributed by atoms with Gasteiger partial charge in [0.2, 0.25) is 0 Å². The zero-order valence-electron chi connectivity index (χ0n) is 10.1. The van der Waals surface area contributed by atoms with Crippen molar-refractivity contribution >= 4 is 10.9 Å². The lowest BCUT2D eigenvalue weighted by Crippen LogP contribution is -2.43. The lowest BCUT2D eigenvalue weighted by Gasteiger charge is -2.26. The number of fused-ring (bicyclic) bond motifs is 1. The summed E-state index contributed by atoms with van der Waals surface area (Å²) in [5.41, 5.74) is 0.720. The van der Waals surface area contributed by atoms with Gasteiger partial charge in [-0.05, 0) is 12.1 Å². The number of benzene rings is 1. The Bertz CT molecular complexity index is 601. The van der Waals surface area contributed by atoms with Crippen LogP contribution in [0.2, 0.25) is 0 Å². The Kier molecular flexibility index (Phi) is 3.08. The van der Waals surface area contributed by atoms with Gasteiger partial charge in [0.15, 0.2) is 0 Å². The molecule has 5 heteroatoms. The SMILES string of the molecule is O=c1[nH]c(CN2CCNCC2)nc2ccccc12. The van der Waals surface area contributed by atoms with Crippen LogP contribution in [0.3, 0.4) is 0 Å². The summed E-state index contributed by atoms with van der Waals surface area (Å²) in [5, 5.41) is 3.96. The molecule has 2 heterocycles. The molecule has 0 saturated carbocycles. The Labute approximate surface area is 105 Å². The monoisotopic (exact) mass is 244 g/mol. The van der Waals surface area contributed by atoms with Gasteiger partial charge in [-0.2, -0.15) is 0 Å². The molecule has 0 bridgehead atoms. The molecule has 5 nitrogen and oxygen atoms in total. The number of hydrogen-bond acceptors (Lipinski definition) is 4. The first-order valence-corrected chi connectivity index (χ1v) is 6.24. The number of para-hydroxylation sites is 1. The van der Waals surface area contributed by atoms with Crippen LogP contribution in [0, 0.1) is 0 Å². The Balaban J connectivity index is 1.90. The third kappa shape index (κ3) is 2.27. The zero-order chi connectivity index (χ0) is 12.4. The van der Waals surface area contributed by atoms with E-state index in [1.54, 1.807) is 6.07 Å². The standard InChI is InChI=1S/C13H16N4O/c18-13-10-3-1-2-4-11(10)15-12(16-13)9-17-7-5-14-6-8-17/h1-4,14H,5-9H2,(H,15,16,18). The fourth-order valence-corrected chi connectivity index (χ4v) is 2.29. The molecule has 0 atom stereocenters. The molecule has 2 aromatic rings. The maximum absolute atomic E-state index is 11.9. The normalized spacial score (nSPS) is 17.1. The average molecular weight is 244 g/mol. The predicted octanol–water partition coefficient (Wildman–Crippen LogP) is 0.328. The summed E-state index contributed by atoms with van der Waals surface area (Å²) in [4.78, 5) is 21.6. The molecular formula is C13H16N4O. The molecule has 1 aliphatic heterocycles. The second kappa shape index (κ2) is 4.88. The Hall–Kier alpha value is -1.72. The third-order valence-corrected chi connectivity index (χ3v) is 3.24. The van der Waals surface area contributed by atoms with E-state index in [0.29, 0.717) is 11.9 Å². The molecular weight excluding hydrogens is 228 g/mol. The molecule has 0 unspecified atom stereocenters. The van der Waals surface area contributed by atoms with Crippen LogP contribution >= 0.6 is 0 Å². The van der Waals surface area contributed by atoms with Crippen molar-refractivity contribution in [3.63, 3.8) is 0 Å². The molecule has 1 aromatic heterocycles. The van der Waals surface area contributed by atoms with Gasteiger partial charge in [0, 0.05) is 26.2 Å². The van der Waals surface area contributed by atoms with Crippen molar-refractivity contribution in [2.45, 2.75) is 6.54 Å². The average Bonchev–Trinajstić information content (AvgIpc) is 2.40. The van der Waals surface area contributed by atoms with E-state index in [2.05, 4.69) is 20.2 Å². The third-order valence-electron chi connectivity index (χ3n) is 3.24. The largest absolute Gasteiger partial charge is 0.314 e. The van der Waals surface area contributed by atoms with E-state index in [1.807, 2.05) is 18.2 Å². The summed E-state index contributed by atoms with van der Waals surface area (Å²) in [6.07, 6.45) is 0. The van der Waals surface area contributed by atoms with E-state index in [-0.39, 0.29) is 5.56 Å². The van der Waals surface area contributed by atoms with Gasteiger partial charge in [-0.3, -0.25) is 9.69 Å². The molecule has 1 saturated heterocycles. The summed E-state index contributed by atoms with van der Waals surface area (Å²) in [7, 11) is 0. The van der Waals surface area contributed by atoms with Crippen molar-refractivity contribution in [2.24, 2.45) is 0 Å². The van der Waals surface area contributed by atoms with Crippen molar-refractivity contribution in [2.75, 3.05) is 26.2 Å². The highest BCUT2D eigenvalue weighted by molar-refractivity contribution is 5.77. The van der Waals surface area contributed by atoms with Crippen LogP contribution in [0.5, 0.6) is 0 Å². The van der Waals surface area contributed by atoms with Crippen LogP contribution in [0.15, 0.2) is 29.1 Å². The van der Waals surface area contributed by atoms with Crippen LogP contribution in [0.4, 0.5) is 0 Å². The molecule has 0 radical (unpaired) electrons. The Morgan fingerprint density at radius 1 is 1.22 bits per heavy atom. The maximum atomic E-state index is 11.9. The van der Waals surface area contributed by atoms with Crippen LogP contribution < -0.4 is 10.9 Å². The molecule has 18 heavy (non-hydrogen) atoms. The highest BCUT2D eigenvalue weighted by Gasteiger charge is 2.11. The first-order chi connectivity index (χ1) is 8.83. The number of rotatable bonds is 2. The molecule has 0 spiro atoms. The van der Waals surface area contributed by atoms with Gasteiger partial charge in [-0.15, -0.1) is 0 Å². The molecule has 0 amide bonds. The number of nitrogens with zero attached hydrogens (tertiary/aromatic N) is 2. The van der Waals surface area contributed by atoms with E-state index >= 15 is 0 Å². The Morgan fingerprint density at radius 2 is 2.00 bits per heavy atom. The molecule has 1 aromatic carbocycles. The van der Waals surface area contributed by atoms with Gasteiger partial charge in [0.05, 0.1) is 17.4 Å². The highest BCUT2D eigenvalue weighted by atomic mass is 16.1. The summed E-state index contributed by atoms with van der Waals surface area (Å²) in [6.45, 7) is 4.70. The highest BCUT2D eigenvalue weighted by Crippen LogP contribution is 2.07. The minimum absolute atomic E-state index is 0.0502. The van der Waals surface area contributed by atoms with Crippen LogP contribution in [-0.4, -0.2) is 41.0 Å². The number of piperazine rings is 1. The second-order valence-corrected chi connectivity index (χ2v) is 4.56. The number of aromatic amines is 1. The molecule has 94 valence electrons. The Morgan fingerprint density at radius 3 is 2.83 bits per heavy atom. The van der Waals surface area contributed by atoms with Crippen molar-refractivity contribution < 1.29 is 0 Å². The van der Waals surface area contributed by atoms with E-state index < -0.39 is 0 Å².